The normalized spacial score (nSPS) is 12.2. The molecule has 2 heteroatoms. The van der Waals surface area contributed by atoms with Crippen LogP contribution >= 0.6 is 0 Å². The van der Waals surface area contributed by atoms with Crippen molar-refractivity contribution in [2.45, 2.75) is 24.7 Å². The third-order valence-corrected chi connectivity index (χ3v) is 12.5. The van der Waals surface area contributed by atoms with E-state index in [0.29, 0.717) is 0 Å². The fourth-order valence-electron chi connectivity index (χ4n) is 1.30. The molecule has 0 fully saturated rings. The summed E-state index contributed by atoms with van der Waals surface area (Å²) in [6.07, 6.45) is 0. The van der Waals surface area contributed by atoms with Gasteiger partial charge in [0.1, 0.15) is 0 Å². The molecule has 0 atom stereocenters. The Bertz CT molecular complexity index is 267. The van der Waals surface area contributed by atoms with E-state index in [1.54, 1.807) is 7.16 Å². The van der Waals surface area contributed by atoms with Crippen molar-refractivity contribution in [3.63, 3.8) is 0 Å². The van der Waals surface area contributed by atoms with E-state index in [9.17, 15) is 0 Å². The van der Waals surface area contributed by atoms with Gasteiger partial charge in [-0.3, -0.25) is 0 Å². The molecule has 0 aliphatic heterocycles. The van der Waals surface area contributed by atoms with Gasteiger partial charge in [-0.15, -0.1) is 0 Å². The van der Waals surface area contributed by atoms with Crippen LogP contribution in [0.15, 0.2) is 24.3 Å². The van der Waals surface area contributed by atoms with Crippen molar-refractivity contribution < 1.29 is 0 Å². The van der Waals surface area contributed by atoms with Crippen LogP contribution < -0.4 is 7.16 Å². The number of rotatable bonds is 2. The quantitative estimate of drug-likeness (QED) is 0.682. The Morgan fingerprint density at radius 3 is 1.69 bits per heavy atom. The van der Waals surface area contributed by atoms with Crippen LogP contribution in [-0.2, 0) is 0 Å². The zero-order chi connectivity index (χ0) is 10.1. The van der Waals surface area contributed by atoms with Gasteiger partial charge < -0.3 is 0 Å². The van der Waals surface area contributed by atoms with Gasteiger partial charge in [-0.25, -0.2) is 0 Å². The SMILES string of the molecule is [CH3][Sn]([CH3])[c]1cc[c]([Sn]([CH3])([CH3])[CH3])cc1. The Balaban J connectivity index is 2.94. The van der Waals surface area contributed by atoms with E-state index < -0.39 is 38.1 Å². The van der Waals surface area contributed by atoms with Crippen LogP contribution in [0.3, 0.4) is 0 Å². The van der Waals surface area contributed by atoms with Gasteiger partial charge in [0.05, 0.1) is 0 Å². The first kappa shape index (κ1) is 11.9. The maximum atomic E-state index is 2.47. The van der Waals surface area contributed by atoms with Crippen molar-refractivity contribution in [2.75, 3.05) is 0 Å². The zero-order valence-corrected chi connectivity index (χ0v) is 15.0. The van der Waals surface area contributed by atoms with Crippen LogP contribution in [0.5, 0.6) is 0 Å². The van der Waals surface area contributed by atoms with E-state index in [4.69, 9.17) is 0 Å². The van der Waals surface area contributed by atoms with Crippen LogP contribution in [-0.4, -0.2) is 38.1 Å². The third-order valence-electron chi connectivity index (χ3n) is 2.33. The van der Waals surface area contributed by atoms with Gasteiger partial charge in [0.15, 0.2) is 0 Å². The van der Waals surface area contributed by atoms with Crippen molar-refractivity contribution in [3.05, 3.63) is 24.3 Å². The molecule has 13 heavy (non-hydrogen) atoms. The van der Waals surface area contributed by atoms with Gasteiger partial charge in [0, 0.05) is 0 Å². The van der Waals surface area contributed by atoms with Crippen molar-refractivity contribution in [3.8, 4) is 0 Å². The molecule has 0 amide bonds. The number of benzene rings is 1. The molecule has 0 saturated carbocycles. The molecule has 0 aliphatic carbocycles. The first-order valence-electron chi connectivity index (χ1n) is 4.82. The molecule has 0 aliphatic rings. The second kappa shape index (κ2) is 4.56. The molecule has 0 N–H and O–H groups in total. The molecule has 0 nitrogen and oxygen atoms in total. The van der Waals surface area contributed by atoms with Crippen molar-refractivity contribution in [1.29, 1.82) is 0 Å². The average molecular weight is 389 g/mol. The molecule has 0 heterocycles. The minimum atomic E-state index is -1.77. The van der Waals surface area contributed by atoms with Crippen LogP contribution in [0.4, 0.5) is 0 Å². The number of hydrogen-bond donors (Lipinski definition) is 0. The Kier molecular flexibility index (Phi) is 4.17. The Morgan fingerprint density at radius 1 is 0.923 bits per heavy atom. The van der Waals surface area contributed by atoms with Gasteiger partial charge in [-0.1, -0.05) is 0 Å². The summed E-state index contributed by atoms with van der Waals surface area (Å²) in [5.41, 5.74) is 0. The van der Waals surface area contributed by atoms with Gasteiger partial charge in [0.25, 0.3) is 0 Å². The second-order valence-electron chi connectivity index (χ2n) is 4.83. The first-order chi connectivity index (χ1) is 5.91. The molecule has 0 aromatic heterocycles. The van der Waals surface area contributed by atoms with Crippen LogP contribution in [0.1, 0.15) is 0 Å². The van der Waals surface area contributed by atoms with E-state index in [0.717, 1.165) is 0 Å². The molecule has 0 spiro atoms. The summed E-state index contributed by atoms with van der Waals surface area (Å²) in [5.74, 6) is 0. The number of hydrogen-bond acceptors (Lipinski definition) is 0. The topological polar surface area (TPSA) is 0 Å². The van der Waals surface area contributed by atoms with Crippen LogP contribution in [0, 0.1) is 0 Å². The van der Waals surface area contributed by atoms with Crippen molar-refractivity contribution in [2.24, 2.45) is 0 Å². The van der Waals surface area contributed by atoms with E-state index in [1.165, 1.54) is 0 Å². The molecule has 1 radical (unpaired) electrons. The second-order valence-corrected chi connectivity index (χ2v) is 26.7. The molecular weight excluding hydrogens is 370 g/mol. The first-order valence-corrected chi connectivity index (χ1v) is 21.9. The molecule has 0 bridgehead atoms. The minimum absolute atomic E-state index is 1.09. The summed E-state index contributed by atoms with van der Waals surface area (Å²) < 4.78 is 3.31. The van der Waals surface area contributed by atoms with Gasteiger partial charge >= 0.3 is 94.3 Å². The maximum absolute atomic E-state index is 2.47. The molecule has 0 saturated heterocycles. The van der Waals surface area contributed by atoms with E-state index in [1.807, 2.05) is 0 Å². The van der Waals surface area contributed by atoms with Crippen molar-refractivity contribution in [1.82, 2.24) is 0 Å². The molecule has 1 aromatic rings. The predicted octanol–water partition coefficient (Wildman–Crippen LogP) is 2.19. The van der Waals surface area contributed by atoms with Crippen LogP contribution in [0.2, 0.25) is 24.7 Å². The van der Waals surface area contributed by atoms with Gasteiger partial charge in [-0.05, 0) is 0 Å². The molecule has 0 unspecified atom stereocenters. The summed E-state index contributed by atoms with van der Waals surface area (Å²) in [6.45, 7) is 0. The van der Waals surface area contributed by atoms with E-state index in [2.05, 4.69) is 49.0 Å². The fraction of sp³-hybridized carbons (Fsp3) is 0.455. The van der Waals surface area contributed by atoms with Crippen molar-refractivity contribution >= 4 is 45.3 Å². The third kappa shape index (κ3) is 3.46. The Morgan fingerprint density at radius 2 is 1.38 bits per heavy atom. The monoisotopic (exact) mass is 391 g/mol. The standard InChI is InChI=1S/C6H4.5CH3.2Sn/c1-2-4-6-5-3-1;;;;;;;/h1-2,5-6H;5*1H3;;. The van der Waals surface area contributed by atoms with Crippen LogP contribution in [0.25, 0.3) is 0 Å². The molecule has 1 rings (SSSR count). The Hall–Kier alpha value is 0.817. The molecular formula is C11H19Sn2. The van der Waals surface area contributed by atoms with Gasteiger partial charge in [0.2, 0.25) is 0 Å². The fourth-order valence-corrected chi connectivity index (χ4v) is 7.01. The average Bonchev–Trinajstić information content (AvgIpc) is 2.03. The molecule has 71 valence electrons. The van der Waals surface area contributed by atoms with E-state index in [-0.39, 0.29) is 0 Å². The Labute approximate surface area is 93.4 Å². The summed E-state index contributed by atoms with van der Waals surface area (Å²) in [6, 6.07) is 9.54. The summed E-state index contributed by atoms with van der Waals surface area (Å²) in [7, 11) is 0. The van der Waals surface area contributed by atoms with E-state index >= 15 is 0 Å². The summed E-state index contributed by atoms with van der Waals surface area (Å²) in [4.78, 5) is 12.3. The predicted molar refractivity (Wildman–Crippen MR) is 66.5 cm³/mol. The summed E-state index contributed by atoms with van der Waals surface area (Å²) >= 11 is -2.86. The zero-order valence-electron chi connectivity index (χ0n) is 9.31. The molecule has 1 aromatic carbocycles. The summed E-state index contributed by atoms with van der Waals surface area (Å²) in [5, 5.41) is 0. The van der Waals surface area contributed by atoms with Gasteiger partial charge in [-0.2, -0.15) is 0 Å².